The summed E-state index contributed by atoms with van der Waals surface area (Å²) in [5, 5.41) is 0. The Bertz CT molecular complexity index is 533. The molecular weight excluding hydrogens is 272 g/mol. The highest BCUT2D eigenvalue weighted by molar-refractivity contribution is 7.89. The van der Waals surface area contributed by atoms with E-state index in [-0.39, 0.29) is 6.04 Å². The molecule has 2 rings (SSSR count). The topological polar surface area (TPSA) is 63.4 Å². The first-order chi connectivity index (χ1) is 9.45. The molecule has 0 spiro atoms. The SMILES string of the molecule is CC(C)N(CC1CC1)S(=O)(=O)c1ccc(CCN)cc1. The highest BCUT2D eigenvalue weighted by Crippen LogP contribution is 2.32. The van der Waals surface area contributed by atoms with Crippen LogP contribution in [0.5, 0.6) is 0 Å². The maximum Gasteiger partial charge on any atom is 0.243 e. The molecule has 20 heavy (non-hydrogen) atoms. The second-order valence-corrected chi connectivity index (χ2v) is 7.69. The molecule has 0 radical (unpaired) electrons. The molecule has 5 heteroatoms. The van der Waals surface area contributed by atoms with E-state index in [1.165, 1.54) is 0 Å². The lowest BCUT2D eigenvalue weighted by Gasteiger charge is -2.26. The minimum atomic E-state index is -3.39. The van der Waals surface area contributed by atoms with Crippen LogP contribution < -0.4 is 5.73 Å². The fraction of sp³-hybridized carbons (Fsp3) is 0.600. The van der Waals surface area contributed by atoms with Crippen molar-refractivity contribution >= 4 is 10.0 Å². The van der Waals surface area contributed by atoms with Crippen molar-refractivity contribution < 1.29 is 8.42 Å². The van der Waals surface area contributed by atoms with Crippen molar-refractivity contribution in [3.05, 3.63) is 29.8 Å². The highest BCUT2D eigenvalue weighted by Gasteiger charge is 2.33. The van der Waals surface area contributed by atoms with Crippen molar-refractivity contribution in [3.8, 4) is 0 Å². The summed E-state index contributed by atoms with van der Waals surface area (Å²) in [5.41, 5.74) is 6.58. The van der Waals surface area contributed by atoms with Gasteiger partial charge in [-0.15, -0.1) is 0 Å². The van der Waals surface area contributed by atoms with Gasteiger partial charge in [-0.2, -0.15) is 4.31 Å². The largest absolute Gasteiger partial charge is 0.330 e. The van der Waals surface area contributed by atoms with Gasteiger partial charge >= 0.3 is 0 Å². The normalized spacial score (nSPS) is 16.1. The van der Waals surface area contributed by atoms with Gasteiger partial charge in [0.05, 0.1) is 4.90 Å². The Labute approximate surface area is 122 Å². The van der Waals surface area contributed by atoms with Crippen molar-refractivity contribution in [1.29, 1.82) is 0 Å². The number of rotatable bonds is 7. The molecule has 1 aromatic carbocycles. The third-order valence-corrected chi connectivity index (χ3v) is 5.73. The molecule has 1 aliphatic rings. The highest BCUT2D eigenvalue weighted by atomic mass is 32.2. The van der Waals surface area contributed by atoms with Crippen LogP contribution in [0.3, 0.4) is 0 Å². The van der Waals surface area contributed by atoms with Crippen LogP contribution in [0.4, 0.5) is 0 Å². The van der Waals surface area contributed by atoms with Gasteiger partial charge in [-0.3, -0.25) is 0 Å². The molecule has 0 unspecified atom stereocenters. The Morgan fingerprint density at radius 2 is 1.85 bits per heavy atom. The molecular formula is C15H24N2O2S. The van der Waals surface area contributed by atoms with Crippen molar-refractivity contribution in [3.63, 3.8) is 0 Å². The summed E-state index contributed by atoms with van der Waals surface area (Å²) in [5.74, 6) is 0.545. The standard InChI is InChI=1S/C15H24N2O2S/c1-12(2)17(11-14-3-4-14)20(18,19)15-7-5-13(6-8-15)9-10-16/h5-8,12,14H,3-4,9-11,16H2,1-2H3. The predicted molar refractivity (Wildman–Crippen MR) is 81.0 cm³/mol. The maximum absolute atomic E-state index is 12.7. The average molecular weight is 296 g/mol. The lowest BCUT2D eigenvalue weighted by molar-refractivity contribution is 0.341. The zero-order valence-corrected chi connectivity index (χ0v) is 13.1. The molecule has 2 N–H and O–H groups in total. The molecule has 0 aliphatic heterocycles. The first-order valence-electron chi connectivity index (χ1n) is 7.26. The average Bonchev–Trinajstić information content (AvgIpc) is 3.20. The Morgan fingerprint density at radius 1 is 1.25 bits per heavy atom. The fourth-order valence-corrected chi connectivity index (χ4v) is 3.98. The van der Waals surface area contributed by atoms with Gasteiger partial charge in [0, 0.05) is 12.6 Å². The van der Waals surface area contributed by atoms with Crippen molar-refractivity contribution in [2.24, 2.45) is 11.7 Å². The second-order valence-electron chi connectivity index (χ2n) is 5.79. The van der Waals surface area contributed by atoms with E-state index < -0.39 is 10.0 Å². The monoisotopic (exact) mass is 296 g/mol. The molecule has 112 valence electrons. The first kappa shape index (κ1) is 15.5. The van der Waals surface area contributed by atoms with Crippen molar-refractivity contribution in [2.45, 2.75) is 44.0 Å². The lowest BCUT2D eigenvalue weighted by atomic mass is 10.2. The number of sulfonamides is 1. The number of benzene rings is 1. The zero-order valence-electron chi connectivity index (χ0n) is 12.2. The van der Waals surface area contributed by atoms with Crippen LogP contribution in [0.15, 0.2) is 29.2 Å². The molecule has 0 atom stereocenters. The molecule has 4 nitrogen and oxygen atoms in total. The molecule has 1 aliphatic carbocycles. The Balaban J connectivity index is 2.21. The van der Waals surface area contributed by atoms with Gasteiger partial charge in [-0.05, 0) is 63.3 Å². The Hall–Kier alpha value is -0.910. The van der Waals surface area contributed by atoms with Gasteiger partial charge < -0.3 is 5.73 Å². The van der Waals surface area contributed by atoms with Crippen LogP contribution in [-0.4, -0.2) is 31.9 Å². The quantitative estimate of drug-likeness (QED) is 0.837. The molecule has 1 aromatic rings. The summed E-state index contributed by atoms with van der Waals surface area (Å²) in [4.78, 5) is 0.382. The molecule has 0 bridgehead atoms. The summed E-state index contributed by atoms with van der Waals surface area (Å²) in [6.07, 6.45) is 3.07. The van der Waals surface area contributed by atoms with E-state index in [0.717, 1.165) is 24.8 Å². The van der Waals surface area contributed by atoms with Crippen LogP contribution >= 0.6 is 0 Å². The van der Waals surface area contributed by atoms with E-state index in [2.05, 4.69) is 0 Å². The van der Waals surface area contributed by atoms with E-state index in [0.29, 0.717) is 23.9 Å². The minimum absolute atomic E-state index is 0.00989. The van der Waals surface area contributed by atoms with Crippen molar-refractivity contribution in [2.75, 3.05) is 13.1 Å². The maximum atomic E-state index is 12.7. The van der Waals surface area contributed by atoms with Crippen LogP contribution in [0.1, 0.15) is 32.3 Å². The van der Waals surface area contributed by atoms with Gasteiger partial charge in [0.1, 0.15) is 0 Å². The van der Waals surface area contributed by atoms with Crippen LogP contribution in [0.25, 0.3) is 0 Å². The second kappa shape index (κ2) is 6.24. The molecule has 0 aromatic heterocycles. The summed E-state index contributed by atoms with van der Waals surface area (Å²) in [6, 6.07) is 7.10. The third-order valence-electron chi connectivity index (χ3n) is 3.67. The van der Waals surface area contributed by atoms with E-state index in [9.17, 15) is 8.42 Å². The molecule has 0 amide bonds. The Kier molecular flexibility index (Phi) is 4.83. The predicted octanol–water partition coefficient (Wildman–Crippen LogP) is 2.00. The van der Waals surface area contributed by atoms with E-state index in [1.54, 1.807) is 16.4 Å². The molecule has 1 saturated carbocycles. The number of hydrogen-bond donors (Lipinski definition) is 1. The fourth-order valence-electron chi connectivity index (χ4n) is 2.27. The smallest absolute Gasteiger partial charge is 0.243 e. The van der Waals surface area contributed by atoms with E-state index >= 15 is 0 Å². The van der Waals surface area contributed by atoms with Crippen LogP contribution in [0, 0.1) is 5.92 Å². The molecule has 0 heterocycles. The summed E-state index contributed by atoms with van der Waals surface area (Å²) in [7, 11) is -3.39. The summed E-state index contributed by atoms with van der Waals surface area (Å²) in [6.45, 7) is 5.09. The minimum Gasteiger partial charge on any atom is -0.330 e. The summed E-state index contributed by atoms with van der Waals surface area (Å²) < 4.78 is 27.0. The molecule has 0 saturated heterocycles. The van der Waals surface area contributed by atoms with Gasteiger partial charge in [0.15, 0.2) is 0 Å². The van der Waals surface area contributed by atoms with Crippen LogP contribution in [0.2, 0.25) is 0 Å². The van der Waals surface area contributed by atoms with Gasteiger partial charge in [-0.25, -0.2) is 8.42 Å². The Morgan fingerprint density at radius 3 is 2.30 bits per heavy atom. The lowest BCUT2D eigenvalue weighted by Crippen LogP contribution is -2.38. The number of nitrogens with two attached hydrogens (primary N) is 1. The number of hydrogen-bond acceptors (Lipinski definition) is 3. The zero-order chi connectivity index (χ0) is 14.8. The van der Waals surface area contributed by atoms with Gasteiger partial charge in [0.2, 0.25) is 10.0 Å². The van der Waals surface area contributed by atoms with E-state index in [1.807, 2.05) is 26.0 Å². The van der Waals surface area contributed by atoms with Crippen LogP contribution in [-0.2, 0) is 16.4 Å². The van der Waals surface area contributed by atoms with Crippen molar-refractivity contribution in [1.82, 2.24) is 4.31 Å². The number of nitrogens with zero attached hydrogens (tertiary/aromatic N) is 1. The van der Waals surface area contributed by atoms with Gasteiger partial charge in [-0.1, -0.05) is 12.1 Å². The van der Waals surface area contributed by atoms with Gasteiger partial charge in [0.25, 0.3) is 0 Å². The third kappa shape index (κ3) is 3.59. The van der Waals surface area contributed by atoms with E-state index in [4.69, 9.17) is 5.73 Å². The summed E-state index contributed by atoms with van der Waals surface area (Å²) >= 11 is 0. The first-order valence-corrected chi connectivity index (χ1v) is 8.70. The molecule has 1 fully saturated rings.